The Labute approximate surface area is 92.3 Å². The molecule has 0 aromatic carbocycles. The molecule has 0 atom stereocenters. The number of nitrogens with one attached hydrogen (secondary N) is 2. The highest BCUT2D eigenvalue weighted by atomic mass is 14.8. The van der Waals surface area contributed by atoms with E-state index in [1.165, 1.54) is 11.1 Å². The summed E-state index contributed by atoms with van der Waals surface area (Å²) in [4.78, 5) is 0. The minimum absolute atomic E-state index is 0.508. The summed E-state index contributed by atoms with van der Waals surface area (Å²) < 4.78 is 0. The molecule has 0 saturated carbocycles. The van der Waals surface area contributed by atoms with Gasteiger partial charge in [0.05, 0.1) is 5.71 Å². The second kappa shape index (κ2) is 4.47. The average molecular weight is 204 g/mol. The van der Waals surface area contributed by atoms with E-state index in [1.54, 1.807) is 0 Å². The zero-order valence-electron chi connectivity index (χ0n) is 10.2. The van der Waals surface area contributed by atoms with E-state index < -0.39 is 0 Å². The van der Waals surface area contributed by atoms with E-state index >= 15 is 0 Å². The third-order valence-corrected chi connectivity index (χ3v) is 2.89. The molecule has 2 N–H and O–H groups in total. The van der Waals surface area contributed by atoms with E-state index in [0.717, 1.165) is 11.1 Å². The van der Waals surface area contributed by atoms with Gasteiger partial charge < -0.3 is 5.32 Å². The maximum Gasteiger partial charge on any atom is 0.0658 e. The fraction of sp³-hybridized carbons (Fsp3) is 0.462. The molecular weight excluding hydrogens is 184 g/mol. The van der Waals surface area contributed by atoms with E-state index in [-0.39, 0.29) is 0 Å². The Morgan fingerprint density at radius 2 is 1.87 bits per heavy atom. The molecule has 1 aliphatic carbocycles. The van der Waals surface area contributed by atoms with Crippen molar-refractivity contribution >= 4 is 5.71 Å². The number of hydrogen-bond donors (Lipinski definition) is 2. The molecule has 0 heterocycles. The molecule has 0 aliphatic heterocycles. The van der Waals surface area contributed by atoms with Crippen LogP contribution in [0.1, 0.15) is 27.7 Å². The zero-order chi connectivity index (χ0) is 11.6. The molecule has 0 unspecified atom stereocenters. The molecule has 15 heavy (non-hydrogen) atoms. The normalized spacial score (nSPS) is 20.0. The van der Waals surface area contributed by atoms with Gasteiger partial charge in [0.25, 0.3) is 0 Å². The predicted molar refractivity (Wildman–Crippen MR) is 66.2 cm³/mol. The van der Waals surface area contributed by atoms with Gasteiger partial charge in [-0.05, 0) is 42.6 Å². The van der Waals surface area contributed by atoms with Crippen molar-refractivity contribution in [3.8, 4) is 0 Å². The van der Waals surface area contributed by atoms with Gasteiger partial charge in [-0.25, -0.2) is 0 Å². The maximum absolute atomic E-state index is 8.01. The summed E-state index contributed by atoms with van der Waals surface area (Å²) in [6.07, 6.45) is 4.01. The van der Waals surface area contributed by atoms with Crippen molar-refractivity contribution in [3.05, 3.63) is 34.6 Å². The van der Waals surface area contributed by atoms with Crippen molar-refractivity contribution in [1.82, 2.24) is 5.32 Å². The van der Waals surface area contributed by atoms with Gasteiger partial charge >= 0.3 is 0 Å². The van der Waals surface area contributed by atoms with Crippen LogP contribution in [0.25, 0.3) is 0 Å². The summed E-state index contributed by atoms with van der Waals surface area (Å²) in [6, 6.07) is 0. The van der Waals surface area contributed by atoms with E-state index in [9.17, 15) is 0 Å². The minimum atomic E-state index is 0.508. The summed E-state index contributed by atoms with van der Waals surface area (Å²) in [5.41, 5.74) is 5.28. The van der Waals surface area contributed by atoms with E-state index in [4.69, 9.17) is 5.41 Å². The van der Waals surface area contributed by atoms with Gasteiger partial charge in [0.1, 0.15) is 0 Å². The lowest BCUT2D eigenvalue weighted by Crippen LogP contribution is -2.15. The van der Waals surface area contributed by atoms with Crippen LogP contribution < -0.4 is 5.32 Å². The Bertz CT molecular complexity index is 368. The Kier molecular flexibility index (Phi) is 3.51. The van der Waals surface area contributed by atoms with Crippen LogP contribution in [-0.4, -0.2) is 12.8 Å². The fourth-order valence-electron chi connectivity index (χ4n) is 1.84. The van der Waals surface area contributed by atoms with E-state index in [1.807, 2.05) is 20.2 Å². The quantitative estimate of drug-likeness (QED) is 0.712. The molecule has 1 rings (SSSR count). The first kappa shape index (κ1) is 11.8. The SMILES string of the molecule is CN/C=C1/C=C(C(C)C)C(C)=C(C)C1=N. The molecule has 0 amide bonds. The second-order valence-electron chi connectivity index (χ2n) is 4.27. The van der Waals surface area contributed by atoms with Crippen LogP contribution >= 0.6 is 0 Å². The summed E-state index contributed by atoms with van der Waals surface area (Å²) in [5, 5.41) is 11.0. The Balaban J connectivity index is 3.23. The number of allylic oxidation sites excluding steroid dienone is 5. The Morgan fingerprint density at radius 3 is 2.33 bits per heavy atom. The number of hydrogen-bond acceptors (Lipinski definition) is 2. The maximum atomic E-state index is 8.01. The standard InChI is InChI=1S/C13H20N2/c1-8(2)12-6-11(7-15-5)13(14)10(4)9(12)3/h6-8,14-15H,1-5H3/b11-7-,14-13?. The van der Waals surface area contributed by atoms with Crippen molar-refractivity contribution in [1.29, 1.82) is 5.41 Å². The highest BCUT2D eigenvalue weighted by Crippen LogP contribution is 2.30. The van der Waals surface area contributed by atoms with Gasteiger partial charge in [-0.3, -0.25) is 5.41 Å². The van der Waals surface area contributed by atoms with Crippen LogP contribution in [-0.2, 0) is 0 Å². The summed E-state index contributed by atoms with van der Waals surface area (Å²) in [6.45, 7) is 8.51. The monoisotopic (exact) mass is 204 g/mol. The van der Waals surface area contributed by atoms with E-state index in [0.29, 0.717) is 11.6 Å². The number of rotatable bonds is 2. The van der Waals surface area contributed by atoms with Gasteiger partial charge in [0.15, 0.2) is 0 Å². The fourth-order valence-corrected chi connectivity index (χ4v) is 1.84. The van der Waals surface area contributed by atoms with Gasteiger partial charge in [0.2, 0.25) is 0 Å². The molecule has 2 heteroatoms. The van der Waals surface area contributed by atoms with Gasteiger partial charge in [-0.2, -0.15) is 0 Å². The van der Waals surface area contributed by atoms with Gasteiger partial charge in [-0.15, -0.1) is 0 Å². The molecule has 0 radical (unpaired) electrons. The van der Waals surface area contributed by atoms with Crippen molar-refractivity contribution < 1.29 is 0 Å². The molecule has 0 bridgehead atoms. The molecule has 82 valence electrons. The third-order valence-electron chi connectivity index (χ3n) is 2.89. The smallest absolute Gasteiger partial charge is 0.0658 e. The van der Waals surface area contributed by atoms with Crippen molar-refractivity contribution in [3.63, 3.8) is 0 Å². The first-order valence-electron chi connectivity index (χ1n) is 5.35. The largest absolute Gasteiger partial charge is 0.393 e. The van der Waals surface area contributed by atoms with Crippen LogP contribution in [0.4, 0.5) is 0 Å². The molecule has 0 aromatic rings. The zero-order valence-corrected chi connectivity index (χ0v) is 10.2. The highest BCUT2D eigenvalue weighted by molar-refractivity contribution is 6.14. The molecular formula is C13H20N2. The summed E-state index contributed by atoms with van der Waals surface area (Å²) >= 11 is 0. The van der Waals surface area contributed by atoms with Crippen molar-refractivity contribution in [2.75, 3.05) is 7.05 Å². The molecule has 0 aromatic heterocycles. The first-order chi connectivity index (χ1) is 6.99. The lowest BCUT2D eigenvalue weighted by atomic mass is 9.83. The van der Waals surface area contributed by atoms with Gasteiger partial charge in [0, 0.05) is 18.8 Å². The molecule has 0 spiro atoms. The molecule has 1 aliphatic rings. The third kappa shape index (κ3) is 2.20. The molecule has 2 nitrogen and oxygen atoms in total. The molecule has 0 saturated heterocycles. The minimum Gasteiger partial charge on any atom is -0.393 e. The van der Waals surface area contributed by atoms with E-state index in [2.05, 4.69) is 32.2 Å². The van der Waals surface area contributed by atoms with Crippen LogP contribution in [0.3, 0.4) is 0 Å². The van der Waals surface area contributed by atoms with Crippen molar-refractivity contribution in [2.45, 2.75) is 27.7 Å². The van der Waals surface area contributed by atoms with Crippen molar-refractivity contribution in [2.24, 2.45) is 5.92 Å². The highest BCUT2D eigenvalue weighted by Gasteiger charge is 2.18. The first-order valence-corrected chi connectivity index (χ1v) is 5.35. The van der Waals surface area contributed by atoms with Crippen LogP contribution in [0.2, 0.25) is 0 Å². The van der Waals surface area contributed by atoms with Crippen LogP contribution in [0.15, 0.2) is 34.6 Å². The topological polar surface area (TPSA) is 35.9 Å². The lowest BCUT2D eigenvalue weighted by Gasteiger charge is -2.22. The molecule has 0 fully saturated rings. The Morgan fingerprint density at radius 1 is 1.27 bits per heavy atom. The van der Waals surface area contributed by atoms with Gasteiger partial charge in [-0.1, -0.05) is 13.8 Å². The average Bonchev–Trinajstić information content (AvgIpc) is 2.18. The second-order valence-corrected chi connectivity index (χ2v) is 4.27. The predicted octanol–water partition coefficient (Wildman–Crippen LogP) is 3.04. The van der Waals surface area contributed by atoms with Crippen LogP contribution in [0.5, 0.6) is 0 Å². The summed E-state index contributed by atoms with van der Waals surface area (Å²) in [7, 11) is 1.86. The van der Waals surface area contributed by atoms with Crippen LogP contribution in [0, 0.1) is 11.3 Å². The lowest BCUT2D eigenvalue weighted by molar-refractivity contribution is 0.773. The summed E-state index contributed by atoms with van der Waals surface area (Å²) in [5.74, 6) is 0.508. The Hall–Kier alpha value is -1.31.